The van der Waals surface area contributed by atoms with Gasteiger partial charge >= 0.3 is 0 Å². The zero-order valence-corrected chi connectivity index (χ0v) is 9.83. The molecule has 2 rings (SSSR count). The summed E-state index contributed by atoms with van der Waals surface area (Å²) in [5.41, 5.74) is 0.128. The monoisotopic (exact) mass is 253 g/mol. The van der Waals surface area contributed by atoms with Crippen molar-refractivity contribution in [3.63, 3.8) is 0 Å². The quantitative estimate of drug-likeness (QED) is 0.454. The molecule has 7 heteroatoms. The van der Waals surface area contributed by atoms with E-state index >= 15 is 0 Å². The average Bonchev–Trinajstić information content (AvgIpc) is 2.96. The van der Waals surface area contributed by atoms with E-state index in [2.05, 4.69) is 4.98 Å². The van der Waals surface area contributed by atoms with Gasteiger partial charge in [0, 0.05) is 12.1 Å². The molecular formula is C11H15N3O4. The Labute approximate surface area is 104 Å². The maximum atomic E-state index is 11.9. The minimum Gasteiger partial charge on any atom is -0.395 e. The van der Waals surface area contributed by atoms with E-state index in [-0.39, 0.29) is 36.4 Å². The molecule has 0 aromatic carbocycles. The van der Waals surface area contributed by atoms with E-state index in [9.17, 15) is 14.9 Å². The number of H-pyrrole nitrogens is 1. The number of nitrogens with one attached hydrogen (secondary N) is 1. The Kier molecular flexibility index (Phi) is 3.73. The number of carbonyl (C=O) groups is 1. The SMILES string of the molecule is O=C(CN1CCCC1CO)c1cc([N+](=O)[O-])c[nH]1. The van der Waals surface area contributed by atoms with Gasteiger partial charge in [-0.1, -0.05) is 0 Å². The number of aliphatic hydroxyl groups excluding tert-OH is 1. The molecule has 7 nitrogen and oxygen atoms in total. The summed E-state index contributed by atoms with van der Waals surface area (Å²) in [7, 11) is 0. The number of hydrogen-bond donors (Lipinski definition) is 2. The van der Waals surface area contributed by atoms with Crippen molar-refractivity contribution in [1.82, 2.24) is 9.88 Å². The van der Waals surface area contributed by atoms with E-state index in [1.807, 2.05) is 4.90 Å². The van der Waals surface area contributed by atoms with Gasteiger partial charge in [-0.3, -0.25) is 19.8 Å². The van der Waals surface area contributed by atoms with Gasteiger partial charge in [0.1, 0.15) is 0 Å². The van der Waals surface area contributed by atoms with Crippen LogP contribution < -0.4 is 0 Å². The molecule has 0 radical (unpaired) electrons. The molecule has 2 N–H and O–H groups in total. The Bertz CT molecular complexity index is 457. The average molecular weight is 253 g/mol. The molecule has 1 aromatic rings. The van der Waals surface area contributed by atoms with Crippen LogP contribution in [0.5, 0.6) is 0 Å². The molecule has 98 valence electrons. The lowest BCUT2D eigenvalue weighted by Gasteiger charge is -2.21. The third-order valence-electron chi connectivity index (χ3n) is 3.24. The third-order valence-corrected chi connectivity index (χ3v) is 3.24. The van der Waals surface area contributed by atoms with Crippen molar-refractivity contribution in [2.45, 2.75) is 18.9 Å². The summed E-state index contributed by atoms with van der Waals surface area (Å²) >= 11 is 0. The third kappa shape index (κ3) is 2.57. The minimum atomic E-state index is -0.542. The van der Waals surface area contributed by atoms with Crippen LogP contribution in [0.15, 0.2) is 12.3 Å². The van der Waals surface area contributed by atoms with Gasteiger partial charge in [-0.15, -0.1) is 0 Å². The standard InChI is InChI=1S/C11H15N3O4/c15-7-8-2-1-3-13(8)6-11(16)10-4-9(5-12-10)14(17)18/h4-5,8,12,15H,1-3,6-7H2. The van der Waals surface area contributed by atoms with Crippen LogP contribution >= 0.6 is 0 Å². The van der Waals surface area contributed by atoms with Crippen molar-refractivity contribution >= 4 is 11.5 Å². The van der Waals surface area contributed by atoms with Crippen LogP contribution in [0, 0.1) is 10.1 Å². The van der Waals surface area contributed by atoms with E-state index in [0.717, 1.165) is 19.4 Å². The van der Waals surface area contributed by atoms with Crippen molar-refractivity contribution in [3.05, 3.63) is 28.1 Å². The number of aliphatic hydroxyl groups is 1. The van der Waals surface area contributed by atoms with Crippen LogP contribution in [0.1, 0.15) is 23.3 Å². The molecule has 1 aliphatic rings. The molecule has 2 heterocycles. The molecule has 1 aromatic heterocycles. The number of rotatable bonds is 5. The maximum Gasteiger partial charge on any atom is 0.287 e. The van der Waals surface area contributed by atoms with Crippen molar-refractivity contribution in [1.29, 1.82) is 0 Å². The van der Waals surface area contributed by atoms with Crippen LogP contribution in [-0.4, -0.2) is 51.4 Å². The summed E-state index contributed by atoms with van der Waals surface area (Å²) in [4.78, 5) is 26.4. The fourth-order valence-electron chi connectivity index (χ4n) is 2.23. The number of Topliss-reactive ketones (excluding diaryl/α,β-unsaturated/α-hetero) is 1. The van der Waals surface area contributed by atoms with Crippen molar-refractivity contribution in [2.75, 3.05) is 19.7 Å². The Hall–Kier alpha value is -1.73. The summed E-state index contributed by atoms with van der Waals surface area (Å²) in [6.45, 7) is 1.00. The summed E-state index contributed by atoms with van der Waals surface area (Å²) in [5.74, 6) is -0.191. The van der Waals surface area contributed by atoms with Crippen LogP contribution in [0.4, 0.5) is 5.69 Å². The van der Waals surface area contributed by atoms with Gasteiger partial charge in [0.05, 0.1) is 30.0 Å². The molecule has 1 fully saturated rings. The first-order valence-corrected chi connectivity index (χ1v) is 5.82. The molecule has 0 spiro atoms. The van der Waals surface area contributed by atoms with Gasteiger partial charge in [-0.05, 0) is 19.4 Å². The van der Waals surface area contributed by atoms with Gasteiger partial charge in [0.2, 0.25) is 0 Å². The van der Waals surface area contributed by atoms with E-state index in [1.165, 1.54) is 12.3 Å². The molecule has 18 heavy (non-hydrogen) atoms. The first kappa shape index (κ1) is 12.7. The molecule has 0 bridgehead atoms. The highest BCUT2D eigenvalue weighted by Gasteiger charge is 2.26. The van der Waals surface area contributed by atoms with E-state index < -0.39 is 4.92 Å². The predicted octanol–water partition coefficient (Wildman–Crippen LogP) is 0.562. The number of carbonyl (C=O) groups excluding carboxylic acids is 1. The molecule has 1 aliphatic heterocycles. The van der Waals surface area contributed by atoms with Gasteiger partial charge in [-0.25, -0.2) is 0 Å². The number of aromatic amines is 1. The zero-order chi connectivity index (χ0) is 13.1. The largest absolute Gasteiger partial charge is 0.395 e. The lowest BCUT2D eigenvalue weighted by atomic mass is 10.2. The first-order valence-electron chi connectivity index (χ1n) is 5.82. The second-order valence-corrected chi connectivity index (χ2v) is 4.40. The Morgan fingerprint density at radius 3 is 3.06 bits per heavy atom. The lowest BCUT2D eigenvalue weighted by molar-refractivity contribution is -0.384. The highest BCUT2D eigenvalue weighted by Crippen LogP contribution is 2.18. The normalized spacial score (nSPS) is 20.2. The minimum absolute atomic E-state index is 0.0268. The van der Waals surface area contributed by atoms with Crippen LogP contribution in [0.2, 0.25) is 0 Å². The number of hydrogen-bond acceptors (Lipinski definition) is 5. The van der Waals surface area contributed by atoms with Crippen LogP contribution in [0.25, 0.3) is 0 Å². The first-order chi connectivity index (χ1) is 8.61. The predicted molar refractivity (Wildman–Crippen MR) is 63.5 cm³/mol. The molecule has 0 aliphatic carbocycles. The summed E-state index contributed by atoms with van der Waals surface area (Å²) in [6, 6.07) is 1.27. The second-order valence-electron chi connectivity index (χ2n) is 4.40. The lowest BCUT2D eigenvalue weighted by Crippen LogP contribution is -2.36. The molecule has 1 unspecified atom stereocenters. The van der Waals surface area contributed by atoms with Crippen LogP contribution in [-0.2, 0) is 0 Å². The van der Waals surface area contributed by atoms with Gasteiger partial charge < -0.3 is 10.1 Å². The van der Waals surface area contributed by atoms with E-state index in [0.29, 0.717) is 0 Å². The maximum absolute atomic E-state index is 11.9. The summed E-state index contributed by atoms with van der Waals surface area (Å²) in [6.07, 6.45) is 3.05. The van der Waals surface area contributed by atoms with Crippen molar-refractivity contribution in [3.8, 4) is 0 Å². The van der Waals surface area contributed by atoms with Gasteiger partial charge in [-0.2, -0.15) is 0 Å². The number of ketones is 1. The Balaban J connectivity index is 2.00. The molecular weight excluding hydrogens is 238 g/mol. The Morgan fingerprint density at radius 2 is 2.44 bits per heavy atom. The van der Waals surface area contributed by atoms with Gasteiger partial charge in [0.25, 0.3) is 5.69 Å². The van der Waals surface area contributed by atoms with E-state index in [4.69, 9.17) is 5.11 Å². The van der Waals surface area contributed by atoms with Gasteiger partial charge in [0.15, 0.2) is 5.78 Å². The molecule has 1 saturated heterocycles. The fraction of sp³-hybridized carbons (Fsp3) is 0.545. The molecule has 1 atom stereocenters. The highest BCUT2D eigenvalue weighted by molar-refractivity contribution is 5.96. The second kappa shape index (κ2) is 5.28. The number of nitro groups is 1. The highest BCUT2D eigenvalue weighted by atomic mass is 16.6. The van der Waals surface area contributed by atoms with E-state index in [1.54, 1.807) is 0 Å². The van der Waals surface area contributed by atoms with Crippen LogP contribution in [0.3, 0.4) is 0 Å². The number of aromatic nitrogens is 1. The summed E-state index contributed by atoms with van der Waals surface area (Å²) in [5, 5.41) is 19.7. The van der Waals surface area contributed by atoms with Crippen molar-refractivity contribution in [2.24, 2.45) is 0 Å². The molecule has 0 amide bonds. The smallest absolute Gasteiger partial charge is 0.287 e. The zero-order valence-electron chi connectivity index (χ0n) is 9.83. The Morgan fingerprint density at radius 1 is 1.67 bits per heavy atom. The number of likely N-dealkylation sites (tertiary alicyclic amines) is 1. The molecule has 0 saturated carbocycles. The summed E-state index contributed by atoms with van der Waals surface area (Å²) < 4.78 is 0. The van der Waals surface area contributed by atoms with Crippen molar-refractivity contribution < 1.29 is 14.8 Å². The topological polar surface area (TPSA) is 99.5 Å². The fourth-order valence-corrected chi connectivity index (χ4v) is 2.23. The number of nitrogens with zero attached hydrogens (tertiary/aromatic N) is 2.